The Kier molecular flexibility index (Phi) is 8.18. The number of para-hydroxylation sites is 1. The molecule has 10 nitrogen and oxygen atoms in total. The molecule has 0 radical (unpaired) electrons. The maximum Gasteiger partial charge on any atom is 0.254 e. The Morgan fingerprint density at radius 1 is 1.11 bits per heavy atom. The summed E-state index contributed by atoms with van der Waals surface area (Å²) in [4.78, 5) is 16.8. The summed E-state index contributed by atoms with van der Waals surface area (Å²) in [5.41, 5.74) is 2.94. The normalized spacial score (nSPS) is 23.6. The second-order valence-corrected chi connectivity index (χ2v) is 9.31. The highest BCUT2D eigenvalue weighted by molar-refractivity contribution is 5.81. The van der Waals surface area contributed by atoms with Crippen molar-refractivity contribution in [2.45, 2.75) is 37.4 Å². The van der Waals surface area contributed by atoms with Crippen LogP contribution in [0, 0.1) is 12.7 Å². The lowest BCUT2D eigenvalue weighted by molar-refractivity contribution is -0.210. The summed E-state index contributed by atoms with van der Waals surface area (Å²) in [6.45, 7) is 2.32. The Balaban J connectivity index is 1.50. The Morgan fingerprint density at radius 2 is 1.86 bits per heavy atom. The number of carbonyl (C=O) groups excluding carboxylic acids is 1. The summed E-state index contributed by atoms with van der Waals surface area (Å²) in [6.07, 6.45) is -3.88. The maximum absolute atomic E-state index is 13.7. The van der Waals surface area contributed by atoms with E-state index in [0.717, 1.165) is 11.3 Å². The van der Waals surface area contributed by atoms with E-state index in [-0.39, 0.29) is 0 Å². The van der Waals surface area contributed by atoms with Gasteiger partial charge in [0.1, 0.15) is 35.9 Å². The van der Waals surface area contributed by atoms with E-state index in [0.29, 0.717) is 24.3 Å². The highest BCUT2D eigenvalue weighted by Crippen LogP contribution is 2.31. The Morgan fingerprint density at radius 3 is 2.57 bits per heavy atom. The number of aliphatic hydroxyl groups excluding tert-OH is 3. The summed E-state index contributed by atoms with van der Waals surface area (Å²) >= 11 is 0. The Hall–Kier alpha value is -3.38. The molecule has 2 heterocycles. The number of hydrogen-bond acceptors (Lipinski definition) is 8. The van der Waals surface area contributed by atoms with Gasteiger partial charge in [0.2, 0.25) is 0 Å². The van der Waals surface area contributed by atoms with E-state index in [1.807, 2.05) is 43.1 Å². The van der Waals surface area contributed by atoms with E-state index < -0.39 is 48.8 Å². The lowest BCUT2D eigenvalue weighted by Gasteiger charge is -2.42. The van der Waals surface area contributed by atoms with Gasteiger partial charge in [0, 0.05) is 38.4 Å². The monoisotopic (exact) mass is 513 g/mol. The van der Waals surface area contributed by atoms with E-state index >= 15 is 0 Å². The third-order valence-electron chi connectivity index (χ3n) is 6.75. The molecule has 198 valence electrons. The zero-order valence-corrected chi connectivity index (χ0v) is 21.0. The van der Waals surface area contributed by atoms with Crippen molar-refractivity contribution in [3.63, 3.8) is 0 Å². The van der Waals surface area contributed by atoms with Gasteiger partial charge in [-0.15, -0.1) is 5.10 Å². The molecule has 3 N–H and O–H groups in total. The fourth-order valence-corrected chi connectivity index (χ4v) is 4.56. The summed E-state index contributed by atoms with van der Waals surface area (Å²) in [5, 5.41) is 39.8. The number of anilines is 1. The van der Waals surface area contributed by atoms with Gasteiger partial charge in [0.05, 0.1) is 12.8 Å². The van der Waals surface area contributed by atoms with Gasteiger partial charge in [-0.05, 0) is 30.7 Å². The van der Waals surface area contributed by atoms with E-state index in [9.17, 15) is 24.5 Å². The van der Waals surface area contributed by atoms with Crippen molar-refractivity contribution < 1.29 is 29.2 Å². The van der Waals surface area contributed by atoms with Crippen LogP contribution >= 0.6 is 0 Å². The van der Waals surface area contributed by atoms with Crippen molar-refractivity contribution in [2.75, 3.05) is 38.7 Å². The fraction of sp³-hybridized carbons (Fsp3) is 0.423. The molecule has 1 aromatic heterocycles. The average molecular weight is 514 g/mol. The second-order valence-electron chi connectivity index (χ2n) is 9.31. The molecule has 0 spiro atoms. The number of aliphatic hydroxyl groups is 3. The van der Waals surface area contributed by atoms with Gasteiger partial charge < -0.3 is 29.9 Å². The molecular formula is C26H32FN5O5. The van der Waals surface area contributed by atoms with Crippen LogP contribution in [-0.4, -0.2) is 99.3 Å². The lowest BCUT2D eigenvalue weighted by atomic mass is 9.92. The van der Waals surface area contributed by atoms with Crippen LogP contribution in [0.5, 0.6) is 0 Å². The summed E-state index contributed by atoms with van der Waals surface area (Å²) in [5.74, 6) is -0.938. The molecule has 0 aliphatic carbocycles. The quantitative estimate of drug-likeness (QED) is 0.408. The summed E-state index contributed by atoms with van der Waals surface area (Å²) < 4.78 is 20.5. The standard InChI is InChI=1S/C26H32FN5O5/c1-16-7-4-5-10-20(16)30(2)11-12-31(3)26(36)25-24(35)22(23(34)21(15-33)37-25)32-14-19(28-29-32)17-8-6-9-18(27)13-17/h4-10,13-14,21-25,33-35H,11-12,15H2,1-3H3/t21-,22+,23+,24-,25-/m1/s1. The van der Waals surface area contributed by atoms with Gasteiger partial charge in [-0.3, -0.25) is 4.79 Å². The van der Waals surface area contributed by atoms with Crippen LogP contribution in [0.3, 0.4) is 0 Å². The van der Waals surface area contributed by atoms with Crippen molar-refractivity contribution in [2.24, 2.45) is 0 Å². The molecule has 3 aromatic rings. The SMILES string of the molecule is Cc1ccccc1N(C)CCN(C)C(=O)[C@@H]1O[C@H](CO)[C@H](O)[C@H](n2cc(-c3cccc(F)c3)nn2)[C@H]1O. The molecule has 37 heavy (non-hydrogen) atoms. The highest BCUT2D eigenvalue weighted by atomic mass is 19.1. The van der Waals surface area contributed by atoms with Crippen molar-refractivity contribution in [1.29, 1.82) is 0 Å². The largest absolute Gasteiger partial charge is 0.394 e. The predicted molar refractivity (Wildman–Crippen MR) is 134 cm³/mol. The number of ether oxygens (including phenoxy) is 1. The number of likely N-dealkylation sites (N-methyl/N-ethyl adjacent to an activating group) is 2. The van der Waals surface area contributed by atoms with E-state index in [1.165, 1.54) is 34.0 Å². The third kappa shape index (κ3) is 5.64. The van der Waals surface area contributed by atoms with E-state index in [2.05, 4.69) is 10.3 Å². The first-order valence-corrected chi connectivity index (χ1v) is 12.0. The van der Waals surface area contributed by atoms with Gasteiger partial charge in [0.15, 0.2) is 6.10 Å². The van der Waals surface area contributed by atoms with Crippen molar-refractivity contribution in [1.82, 2.24) is 19.9 Å². The van der Waals surface area contributed by atoms with Crippen LogP contribution in [0.4, 0.5) is 10.1 Å². The smallest absolute Gasteiger partial charge is 0.254 e. The van der Waals surface area contributed by atoms with Crippen molar-refractivity contribution in [3.8, 4) is 11.3 Å². The maximum atomic E-state index is 13.7. The number of aryl methyl sites for hydroxylation is 1. The van der Waals surface area contributed by atoms with Gasteiger partial charge in [-0.25, -0.2) is 9.07 Å². The summed E-state index contributed by atoms with van der Waals surface area (Å²) in [7, 11) is 3.54. The predicted octanol–water partition coefficient (Wildman–Crippen LogP) is 1.01. The first-order valence-electron chi connectivity index (χ1n) is 12.0. The van der Waals surface area contributed by atoms with E-state index in [1.54, 1.807) is 13.1 Å². The van der Waals surface area contributed by atoms with Crippen molar-refractivity contribution in [3.05, 3.63) is 66.1 Å². The van der Waals surface area contributed by atoms with Gasteiger partial charge in [-0.2, -0.15) is 0 Å². The lowest BCUT2D eigenvalue weighted by Crippen LogP contribution is -2.60. The number of benzene rings is 2. The first kappa shape index (κ1) is 26.7. The van der Waals surface area contributed by atoms with Crippen LogP contribution in [-0.2, 0) is 9.53 Å². The Labute approximate surface area is 214 Å². The average Bonchev–Trinajstić information content (AvgIpc) is 3.37. The number of amides is 1. The molecule has 1 aliphatic heterocycles. The molecule has 0 unspecified atom stereocenters. The van der Waals surface area contributed by atoms with Crippen molar-refractivity contribution >= 4 is 11.6 Å². The Bertz CT molecular complexity index is 1220. The molecule has 2 aromatic carbocycles. The minimum atomic E-state index is -1.48. The molecular weight excluding hydrogens is 481 g/mol. The number of hydrogen-bond donors (Lipinski definition) is 3. The number of carbonyl (C=O) groups is 1. The van der Waals surface area contributed by atoms with Gasteiger partial charge >= 0.3 is 0 Å². The molecule has 1 fully saturated rings. The molecule has 4 rings (SSSR count). The zero-order chi connectivity index (χ0) is 26.7. The number of halogens is 1. The molecule has 5 atom stereocenters. The van der Waals surface area contributed by atoms with Crippen LogP contribution in [0.1, 0.15) is 11.6 Å². The number of rotatable bonds is 8. The second kappa shape index (κ2) is 11.3. The van der Waals surface area contributed by atoms with Gasteiger partial charge in [-0.1, -0.05) is 35.5 Å². The van der Waals surface area contributed by atoms with Crippen LogP contribution in [0.25, 0.3) is 11.3 Å². The molecule has 1 saturated heterocycles. The molecule has 0 bridgehead atoms. The molecule has 0 saturated carbocycles. The number of nitrogens with zero attached hydrogens (tertiary/aromatic N) is 5. The van der Waals surface area contributed by atoms with E-state index in [4.69, 9.17) is 4.74 Å². The fourth-order valence-electron chi connectivity index (χ4n) is 4.56. The third-order valence-corrected chi connectivity index (χ3v) is 6.75. The topological polar surface area (TPSA) is 124 Å². The zero-order valence-electron chi connectivity index (χ0n) is 21.0. The summed E-state index contributed by atoms with van der Waals surface area (Å²) in [6, 6.07) is 12.6. The molecule has 1 aliphatic rings. The first-order chi connectivity index (χ1) is 17.7. The minimum Gasteiger partial charge on any atom is -0.394 e. The highest BCUT2D eigenvalue weighted by Gasteiger charge is 2.49. The van der Waals surface area contributed by atoms with Crippen LogP contribution < -0.4 is 4.90 Å². The molecule has 11 heteroatoms. The van der Waals surface area contributed by atoms with Gasteiger partial charge in [0.25, 0.3) is 5.91 Å². The minimum absolute atomic E-state index is 0.324. The molecule has 1 amide bonds. The van der Waals surface area contributed by atoms with Crippen LogP contribution in [0.15, 0.2) is 54.7 Å². The number of aromatic nitrogens is 3. The van der Waals surface area contributed by atoms with Crippen LogP contribution in [0.2, 0.25) is 0 Å².